The van der Waals surface area contributed by atoms with Gasteiger partial charge in [0.15, 0.2) is 0 Å². The van der Waals surface area contributed by atoms with Gasteiger partial charge in [0.25, 0.3) is 0 Å². The van der Waals surface area contributed by atoms with Crippen molar-refractivity contribution in [3.63, 3.8) is 0 Å². The van der Waals surface area contributed by atoms with Gasteiger partial charge >= 0.3 is 0 Å². The highest BCUT2D eigenvalue weighted by atomic mass is 33.1. The Hall–Kier alpha value is 0.660. The maximum Gasteiger partial charge on any atom is 0.118 e. The second kappa shape index (κ2) is 4.25. The third kappa shape index (κ3) is 4.06. The lowest BCUT2D eigenvalue weighted by atomic mass is 9.84. The van der Waals surface area contributed by atoms with Crippen molar-refractivity contribution in [2.75, 3.05) is 11.5 Å². The molecule has 1 rings (SSSR count). The molecule has 0 aromatic rings. The zero-order valence-electron chi connectivity index (χ0n) is 8.13. The molecule has 0 aromatic heterocycles. The fourth-order valence-electron chi connectivity index (χ4n) is 1.60. The van der Waals surface area contributed by atoms with Crippen LogP contribution in [0.5, 0.6) is 0 Å². The van der Waals surface area contributed by atoms with Crippen LogP contribution < -0.4 is 0 Å². The van der Waals surface area contributed by atoms with Crippen LogP contribution in [0.25, 0.3) is 0 Å². The molecule has 1 fully saturated rings. The van der Waals surface area contributed by atoms with Crippen molar-refractivity contribution in [3.05, 3.63) is 0 Å². The van der Waals surface area contributed by atoms with Crippen molar-refractivity contribution < 1.29 is 4.55 Å². The fourth-order valence-corrected chi connectivity index (χ4v) is 4.55. The van der Waals surface area contributed by atoms with Crippen molar-refractivity contribution >= 4 is 21.0 Å². The molecule has 1 nitrogen and oxygen atoms in total. The third-order valence-electron chi connectivity index (χ3n) is 2.03. The van der Waals surface area contributed by atoms with Crippen LogP contribution in [-0.2, 0) is 10.2 Å². The normalized spacial score (nSPS) is 32.0. The largest absolute Gasteiger partial charge is 0.605 e. The van der Waals surface area contributed by atoms with Crippen LogP contribution >= 0.6 is 10.8 Å². The van der Waals surface area contributed by atoms with Crippen molar-refractivity contribution in [1.29, 1.82) is 0 Å². The zero-order chi connectivity index (χ0) is 9.19. The molecular formula is C9H18OS2. The molecule has 1 saturated heterocycles. The molecule has 0 saturated carbocycles. The van der Waals surface area contributed by atoms with Crippen LogP contribution in [0.4, 0.5) is 0 Å². The predicted molar refractivity (Wildman–Crippen MR) is 57.6 cm³/mol. The molecule has 3 heteroatoms. The molecule has 0 aliphatic carbocycles. The molecule has 12 heavy (non-hydrogen) atoms. The van der Waals surface area contributed by atoms with Gasteiger partial charge in [0.05, 0.1) is 10.8 Å². The summed E-state index contributed by atoms with van der Waals surface area (Å²) in [5.41, 5.74) is 0.435. The first-order chi connectivity index (χ1) is 5.47. The van der Waals surface area contributed by atoms with E-state index in [0.29, 0.717) is 5.41 Å². The van der Waals surface area contributed by atoms with E-state index >= 15 is 0 Å². The van der Waals surface area contributed by atoms with Gasteiger partial charge in [0, 0.05) is 16.0 Å². The van der Waals surface area contributed by atoms with Gasteiger partial charge in [0.1, 0.15) is 5.75 Å². The monoisotopic (exact) mass is 206 g/mol. The quantitative estimate of drug-likeness (QED) is 0.486. The molecule has 0 aromatic carbocycles. The van der Waals surface area contributed by atoms with E-state index in [2.05, 4.69) is 20.8 Å². The summed E-state index contributed by atoms with van der Waals surface area (Å²) < 4.78 is 11.0. The summed E-state index contributed by atoms with van der Waals surface area (Å²) >= 11 is 0. The molecule has 0 N–H and O–H groups in total. The smallest absolute Gasteiger partial charge is 0.118 e. The van der Waals surface area contributed by atoms with E-state index in [9.17, 15) is 4.55 Å². The summed E-state index contributed by atoms with van der Waals surface area (Å²) in [6.07, 6.45) is 2.44. The Morgan fingerprint density at radius 1 is 1.50 bits per heavy atom. The van der Waals surface area contributed by atoms with Crippen molar-refractivity contribution in [1.82, 2.24) is 0 Å². The molecule has 0 bridgehead atoms. The van der Waals surface area contributed by atoms with Gasteiger partial charge in [-0.05, 0) is 24.2 Å². The van der Waals surface area contributed by atoms with E-state index in [-0.39, 0.29) is 0 Å². The summed E-state index contributed by atoms with van der Waals surface area (Å²) in [4.78, 5) is 0. The highest BCUT2D eigenvalue weighted by Gasteiger charge is 2.26. The van der Waals surface area contributed by atoms with Crippen LogP contribution in [0.2, 0.25) is 0 Å². The molecule has 1 heterocycles. The second-order valence-electron chi connectivity index (χ2n) is 4.71. The van der Waals surface area contributed by atoms with E-state index in [1.165, 1.54) is 6.42 Å². The van der Waals surface area contributed by atoms with E-state index in [1.807, 2.05) is 0 Å². The van der Waals surface area contributed by atoms with E-state index in [1.54, 1.807) is 10.8 Å². The van der Waals surface area contributed by atoms with Crippen molar-refractivity contribution in [2.24, 2.45) is 11.3 Å². The molecule has 0 amide bonds. The Morgan fingerprint density at radius 3 is 2.58 bits per heavy atom. The van der Waals surface area contributed by atoms with Gasteiger partial charge < -0.3 is 4.55 Å². The molecule has 2 unspecified atom stereocenters. The third-order valence-corrected chi connectivity index (χ3v) is 5.17. The number of hydrogen-bond acceptors (Lipinski definition) is 2. The summed E-state index contributed by atoms with van der Waals surface area (Å²) in [5, 5.41) is 0. The molecule has 0 radical (unpaired) electrons. The van der Waals surface area contributed by atoms with Gasteiger partial charge in [-0.15, -0.1) is 0 Å². The SMILES string of the molecule is CC(C)(C)CC1CC[S+]([O-])SC1. The van der Waals surface area contributed by atoms with Gasteiger partial charge in [-0.3, -0.25) is 0 Å². The molecule has 0 spiro atoms. The minimum Gasteiger partial charge on any atom is -0.605 e. The van der Waals surface area contributed by atoms with Crippen molar-refractivity contribution in [3.8, 4) is 0 Å². The summed E-state index contributed by atoms with van der Waals surface area (Å²) in [6, 6.07) is 0. The highest BCUT2D eigenvalue weighted by Crippen LogP contribution is 2.34. The van der Waals surface area contributed by atoms with E-state index in [4.69, 9.17) is 0 Å². The first-order valence-corrected chi connectivity index (χ1v) is 7.31. The molecule has 1 aliphatic heterocycles. The topological polar surface area (TPSA) is 23.1 Å². The zero-order valence-corrected chi connectivity index (χ0v) is 9.76. The number of rotatable bonds is 1. The lowest BCUT2D eigenvalue weighted by Crippen LogP contribution is -2.22. The molecular weight excluding hydrogens is 188 g/mol. The Kier molecular flexibility index (Phi) is 3.80. The van der Waals surface area contributed by atoms with Crippen LogP contribution in [-0.4, -0.2) is 16.1 Å². The maximum atomic E-state index is 11.0. The van der Waals surface area contributed by atoms with E-state index < -0.39 is 10.2 Å². The van der Waals surface area contributed by atoms with Gasteiger partial charge in [-0.1, -0.05) is 20.8 Å². The lowest BCUT2D eigenvalue weighted by molar-refractivity contribution is 0.305. The van der Waals surface area contributed by atoms with Crippen LogP contribution in [0.1, 0.15) is 33.6 Å². The average Bonchev–Trinajstić information content (AvgIpc) is 1.91. The predicted octanol–water partition coefficient (Wildman–Crippen LogP) is 2.84. The van der Waals surface area contributed by atoms with Crippen LogP contribution in [0.15, 0.2) is 0 Å². The highest BCUT2D eigenvalue weighted by molar-refractivity contribution is 8.72. The van der Waals surface area contributed by atoms with Crippen LogP contribution in [0, 0.1) is 11.3 Å². The van der Waals surface area contributed by atoms with Gasteiger partial charge in [-0.2, -0.15) is 0 Å². The molecule has 1 aliphatic rings. The summed E-state index contributed by atoms with van der Waals surface area (Å²) in [6.45, 7) is 6.84. The Bertz CT molecular complexity index is 134. The average molecular weight is 206 g/mol. The van der Waals surface area contributed by atoms with E-state index in [0.717, 1.165) is 23.8 Å². The summed E-state index contributed by atoms with van der Waals surface area (Å²) in [5.74, 6) is 2.81. The Balaban J connectivity index is 2.26. The maximum absolute atomic E-state index is 11.0. The van der Waals surface area contributed by atoms with Crippen LogP contribution in [0.3, 0.4) is 0 Å². The number of hydrogen-bond donors (Lipinski definition) is 0. The first kappa shape index (κ1) is 10.7. The second-order valence-corrected chi connectivity index (χ2v) is 8.12. The van der Waals surface area contributed by atoms with Gasteiger partial charge in [-0.25, -0.2) is 0 Å². The van der Waals surface area contributed by atoms with Crippen molar-refractivity contribution in [2.45, 2.75) is 33.6 Å². The summed E-state index contributed by atoms with van der Waals surface area (Å²) in [7, 11) is 1.07. The fraction of sp³-hybridized carbons (Fsp3) is 1.00. The first-order valence-electron chi connectivity index (χ1n) is 4.49. The minimum absolute atomic E-state index is 0.435. The standard InChI is InChI=1S/C9H18OS2/c1-9(2,3)6-8-4-5-12(10)11-7-8/h8H,4-7H2,1-3H3. The molecule has 72 valence electrons. The Labute approximate surface area is 82.3 Å². The lowest BCUT2D eigenvalue weighted by Gasteiger charge is -2.28. The van der Waals surface area contributed by atoms with Gasteiger partial charge in [0.2, 0.25) is 0 Å². The molecule has 2 atom stereocenters. The minimum atomic E-state index is -0.573. The Morgan fingerprint density at radius 2 is 2.17 bits per heavy atom.